The van der Waals surface area contributed by atoms with Crippen molar-refractivity contribution in [2.24, 2.45) is 0 Å². The summed E-state index contributed by atoms with van der Waals surface area (Å²) in [4.78, 5) is 1.44. The SMILES string of the molecule is N#C[C@H](c1ccccc1)[NH+]1CCCCC1. The van der Waals surface area contributed by atoms with Crippen molar-refractivity contribution in [3.63, 3.8) is 0 Å². The van der Waals surface area contributed by atoms with E-state index in [1.54, 1.807) is 0 Å². The Hall–Kier alpha value is -1.33. The number of benzene rings is 1. The Morgan fingerprint density at radius 3 is 2.33 bits per heavy atom. The molecule has 1 N–H and O–H groups in total. The van der Waals surface area contributed by atoms with Gasteiger partial charge in [-0.2, -0.15) is 5.26 Å². The Morgan fingerprint density at radius 2 is 1.73 bits per heavy atom. The third kappa shape index (κ3) is 2.37. The lowest BCUT2D eigenvalue weighted by atomic mass is 10.0. The van der Waals surface area contributed by atoms with Gasteiger partial charge >= 0.3 is 0 Å². The molecule has 15 heavy (non-hydrogen) atoms. The molecule has 1 saturated heterocycles. The minimum Gasteiger partial charge on any atom is -0.317 e. The molecule has 0 radical (unpaired) electrons. The first-order valence-corrected chi connectivity index (χ1v) is 5.71. The van der Waals surface area contributed by atoms with Crippen LogP contribution in [0.2, 0.25) is 0 Å². The fourth-order valence-electron chi connectivity index (χ4n) is 2.34. The second kappa shape index (κ2) is 4.95. The molecular weight excluding hydrogens is 184 g/mol. The molecule has 1 aliphatic rings. The van der Waals surface area contributed by atoms with Gasteiger partial charge in [-0.25, -0.2) is 0 Å². The zero-order valence-electron chi connectivity index (χ0n) is 8.95. The van der Waals surface area contributed by atoms with Gasteiger partial charge in [0, 0.05) is 5.56 Å². The number of nitriles is 1. The predicted octanol–water partition coefficient (Wildman–Crippen LogP) is 1.32. The Labute approximate surface area is 91.1 Å². The van der Waals surface area contributed by atoms with Crippen LogP contribution in [0.3, 0.4) is 0 Å². The molecule has 1 atom stereocenters. The van der Waals surface area contributed by atoms with Crippen LogP contribution in [0.1, 0.15) is 30.9 Å². The number of rotatable bonds is 2. The molecular formula is C13H17N2+. The fraction of sp³-hybridized carbons (Fsp3) is 0.462. The number of piperidine rings is 1. The van der Waals surface area contributed by atoms with E-state index in [0.717, 1.165) is 18.7 Å². The van der Waals surface area contributed by atoms with Crippen molar-refractivity contribution < 1.29 is 4.90 Å². The summed E-state index contributed by atoms with van der Waals surface area (Å²) in [5.74, 6) is 0. The first kappa shape index (κ1) is 10.2. The monoisotopic (exact) mass is 201 g/mol. The van der Waals surface area contributed by atoms with Crippen LogP contribution >= 0.6 is 0 Å². The third-order valence-corrected chi connectivity index (χ3v) is 3.17. The van der Waals surface area contributed by atoms with Crippen molar-refractivity contribution >= 4 is 0 Å². The van der Waals surface area contributed by atoms with E-state index in [2.05, 4.69) is 18.2 Å². The van der Waals surface area contributed by atoms with Crippen LogP contribution < -0.4 is 4.90 Å². The molecule has 0 bridgehead atoms. The summed E-state index contributed by atoms with van der Waals surface area (Å²) in [7, 11) is 0. The van der Waals surface area contributed by atoms with Crippen molar-refractivity contribution in [2.45, 2.75) is 25.3 Å². The highest BCUT2D eigenvalue weighted by Gasteiger charge is 2.25. The van der Waals surface area contributed by atoms with E-state index >= 15 is 0 Å². The second-order valence-corrected chi connectivity index (χ2v) is 4.19. The first-order valence-electron chi connectivity index (χ1n) is 5.71. The maximum atomic E-state index is 9.26. The number of nitrogens with zero attached hydrogens (tertiary/aromatic N) is 1. The average molecular weight is 201 g/mol. The van der Waals surface area contributed by atoms with Gasteiger partial charge in [0.2, 0.25) is 6.04 Å². The lowest BCUT2D eigenvalue weighted by molar-refractivity contribution is -0.927. The number of nitrogens with one attached hydrogen (secondary N) is 1. The normalized spacial score (nSPS) is 19.4. The highest BCUT2D eigenvalue weighted by molar-refractivity contribution is 5.21. The topological polar surface area (TPSA) is 28.2 Å². The maximum Gasteiger partial charge on any atom is 0.200 e. The van der Waals surface area contributed by atoms with Crippen LogP contribution in [0, 0.1) is 11.3 Å². The van der Waals surface area contributed by atoms with E-state index in [9.17, 15) is 5.26 Å². The zero-order valence-corrected chi connectivity index (χ0v) is 8.95. The summed E-state index contributed by atoms with van der Waals surface area (Å²) >= 11 is 0. The van der Waals surface area contributed by atoms with Crippen LogP contribution in [0.25, 0.3) is 0 Å². The number of hydrogen-bond acceptors (Lipinski definition) is 1. The highest BCUT2D eigenvalue weighted by atomic mass is 15.2. The summed E-state index contributed by atoms with van der Waals surface area (Å²) < 4.78 is 0. The molecule has 1 heterocycles. The van der Waals surface area contributed by atoms with Gasteiger partial charge in [-0.05, 0) is 19.3 Å². The molecule has 0 amide bonds. The van der Waals surface area contributed by atoms with Gasteiger partial charge in [0.05, 0.1) is 13.1 Å². The fourth-order valence-corrected chi connectivity index (χ4v) is 2.34. The average Bonchev–Trinajstić information content (AvgIpc) is 2.33. The quantitative estimate of drug-likeness (QED) is 0.768. The number of quaternary nitrogens is 1. The lowest BCUT2D eigenvalue weighted by Gasteiger charge is -2.27. The van der Waals surface area contributed by atoms with Gasteiger partial charge in [-0.15, -0.1) is 0 Å². The van der Waals surface area contributed by atoms with Crippen LogP contribution in [0.5, 0.6) is 0 Å². The van der Waals surface area contributed by atoms with Crippen LogP contribution in [0.4, 0.5) is 0 Å². The smallest absolute Gasteiger partial charge is 0.200 e. The van der Waals surface area contributed by atoms with E-state index in [1.165, 1.54) is 24.2 Å². The molecule has 2 rings (SSSR count). The molecule has 1 fully saturated rings. The van der Waals surface area contributed by atoms with Crippen molar-refractivity contribution in [3.8, 4) is 6.07 Å². The van der Waals surface area contributed by atoms with E-state index in [0.29, 0.717) is 0 Å². The van der Waals surface area contributed by atoms with Crippen molar-refractivity contribution in [1.82, 2.24) is 0 Å². The maximum absolute atomic E-state index is 9.26. The van der Waals surface area contributed by atoms with E-state index in [4.69, 9.17) is 0 Å². The molecule has 2 heteroatoms. The lowest BCUT2D eigenvalue weighted by Crippen LogP contribution is -3.13. The molecule has 0 unspecified atom stereocenters. The van der Waals surface area contributed by atoms with Crippen molar-refractivity contribution in [3.05, 3.63) is 35.9 Å². The Balaban J connectivity index is 2.14. The number of likely N-dealkylation sites (tertiary alicyclic amines) is 1. The molecule has 1 aromatic rings. The summed E-state index contributed by atoms with van der Waals surface area (Å²) in [6.45, 7) is 2.29. The van der Waals surface area contributed by atoms with Crippen molar-refractivity contribution in [2.75, 3.05) is 13.1 Å². The zero-order chi connectivity index (χ0) is 10.5. The van der Waals surface area contributed by atoms with E-state index in [1.807, 2.05) is 18.2 Å². The molecule has 2 nitrogen and oxygen atoms in total. The van der Waals surface area contributed by atoms with Gasteiger partial charge in [0.25, 0.3) is 0 Å². The molecule has 0 aliphatic carbocycles. The summed E-state index contributed by atoms with van der Waals surface area (Å²) in [6.07, 6.45) is 3.86. The van der Waals surface area contributed by atoms with E-state index < -0.39 is 0 Å². The predicted molar refractivity (Wildman–Crippen MR) is 59.3 cm³/mol. The molecule has 0 spiro atoms. The summed E-state index contributed by atoms with van der Waals surface area (Å²) in [6, 6.07) is 12.7. The minimum absolute atomic E-state index is 0.0338. The largest absolute Gasteiger partial charge is 0.317 e. The van der Waals surface area contributed by atoms with Crippen LogP contribution in [-0.2, 0) is 0 Å². The Kier molecular flexibility index (Phi) is 3.37. The van der Waals surface area contributed by atoms with Gasteiger partial charge < -0.3 is 4.90 Å². The third-order valence-electron chi connectivity index (χ3n) is 3.17. The van der Waals surface area contributed by atoms with Gasteiger partial charge in [-0.3, -0.25) is 0 Å². The van der Waals surface area contributed by atoms with E-state index in [-0.39, 0.29) is 6.04 Å². The van der Waals surface area contributed by atoms with Crippen LogP contribution in [-0.4, -0.2) is 13.1 Å². The van der Waals surface area contributed by atoms with Crippen LogP contribution in [0.15, 0.2) is 30.3 Å². The molecule has 0 aromatic heterocycles. The molecule has 78 valence electrons. The second-order valence-electron chi connectivity index (χ2n) is 4.19. The Bertz CT molecular complexity index is 333. The first-order chi connectivity index (χ1) is 7.42. The van der Waals surface area contributed by atoms with Gasteiger partial charge in [0.15, 0.2) is 0 Å². The van der Waals surface area contributed by atoms with Gasteiger partial charge in [-0.1, -0.05) is 30.3 Å². The highest BCUT2D eigenvalue weighted by Crippen LogP contribution is 2.09. The Morgan fingerprint density at radius 1 is 1.07 bits per heavy atom. The standard InChI is InChI=1S/C13H16N2/c14-11-13(12-7-3-1-4-8-12)15-9-5-2-6-10-15/h1,3-4,7-8,13H,2,5-6,9-10H2/p+1/t13-/m1/s1. The van der Waals surface area contributed by atoms with Gasteiger partial charge in [0.1, 0.15) is 6.07 Å². The molecule has 1 aliphatic heterocycles. The molecule has 1 aromatic carbocycles. The minimum atomic E-state index is 0.0338. The number of hydrogen-bond donors (Lipinski definition) is 1. The van der Waals surface area contributed by atoms with Crippen molar-refractivity contribution in [1.29, 1.82) is 5.26 Å². The molecule has 0 saturated carbocycles. The summed E-state index contributed by atoms with van der Waals surface area (Å²) in [5.41, 5.74) is 1.16. The summed E-state index contributed by atoms with van der Waals surface area (Å²) in [5, 5.41) is 9.26.